The Balaban J connectivity index is 2.43. The number of carbonyl (C=O) groups excluding carboxylic acids is 1. The number of ketones is 1. The lowest BCUT2D eigenvalue weighted by Gasteiger charge is -2.13. The van der Waals surface area contributed by atoms with Crippen molar-refractivity contribution in [3.05, 3.63) is 29.1 Å². The van der Waals surface area contributed by atoms with E-state index in [1.54, 1.807) is 0 Å². The van der Waals surface area contributed by atoms with E-state index in [4.69, 9.17) is 0 Å². The van der Waals surface area contributed by atoms with Gasteiger partial charge in [-0.25, -0.2) is 0 Å². The summed E-state index contributed by atoms with van der Waals surface area (Å²) in [5.74, 6) is 0.341. The monoisotopic (exact) mass is 161 g/mol. The van der Waals surface area contributed by atoms with E-state index in [0.717, 1.165) is 23.4 Å². The third-order valence-corrected chi connectivity index (χ3v) is 2.24. The summed E-state index contributed by atoms with van der Waals surface area (Å²) in [4.78, 5) is 15.5. The van der Waals surface area contributed by atoms with E-state index in [0.29, 0.717) is 18.6 Å². The Morgan fingerprint density at radius 1 is 1.33 bits per heavy atom. The normalized spacial score (nSPS) is 15.9. The summed E-state index contributed by atoms with van der Waals surface area (Å²) >= 11 is 0. The predicted molar refractivity (Wildman–Crippen MR) is 46.0 cm³/mol. The largest absolute Gasteiger partial charge is 0.299 e. The summed E-state index contributed by atoms with van der Waals surface area (Å²) in [6.45, 7) is 1.98. The molecule has 0 N–H and O–H groups in total. The lowest BCUT2D eigenvalue weighted by Crippen LogP contribution is -2.14. The number of pyridine rings is 1. The van der Waals surface area contributed by atoms with Gasteiger partial charge in [0.2, 0.25) is 0 Å². The second-order valence-electron chi connectivity index (χ2n) is 3.27. The molecule has 0 spiro atoms. The summed E-state index contributed by atoms with van der Waals surface area (Å²) in [5, 5.41) is 0. The molecule has 2 rings (SSSR count). The highest BCUT2D eigenvalue weighted by Gasteiger charge is 2.15. The third kappa shape index (κ3) is 1.24. The fourth-order valence-corrected chi connectivity index (χ4v) is 1.58. The van der Waals surface area contributed by atoms with E-state index in [1.165, 1.54) is 0 Å². The first-order chi connectivity index (χ1) is 5.75. The van der Waals surface area contributed by atoms with E-state index < -0.39 is 0 Å². The fourth-order valence-electron chi connectivity index (χ4n) is 1.58. The molecule has 12 heavy (non-hydrogen) atoms. The van der Waals surface area contributed by atoms with E-state index >= 15 is 0 Å². The Morgan fingerprint density at radius 2 is 2.17 bits per heavy atom. The van der Waals surface area contributed by atoms with Gasteiger partial charge in [-0.15, -0.1) is 0 Å². The van der Waals surface area contributed by atoms with Crippen LogP contribution in [0, 0.1) is 6.92 Å². The first-order valence-electron chi connectivity index (χ1n) is 4.23. The molecule has 0 saturated carbocycles. The molecule has 62 valence electrons. The van der Waals surface area contributed by atoms with Gasteiger partial charge in [-0.3, -0.25) is 9.78 Å². The molecular weight excluding hydrogens is 150 g/mol. The summed E-state index contributed by atoms with van der Waals surface area (Å²) in [7, 11) is 0. The van der Waals surface area contributed by atoms with Crippen LogP contribution in [-0.2, 0) is 17.6 Å². The zero-order valence-electron chi connectivity index (χ0n) is 7.13. The molecule has 1 heterocycles. The Bertz CT molecular complexity index is 331. The van der Waals surface area contributed by atoms with Gasteiger partial charge in [0.1, 0.15) is 5.78 Å². The molecular formula is C10H11NO. The van der Waals surface area contributed by atoms with Gasteiger partial charge in [0.05, 0.1) is 0 Å². The maximum Gasteiger partial charge on any atom is 0.137 e. The van der Waals surface area contributed by atoms with Crippen molar-refractivity contribution in [2.24, 2.45) is 0 Å². The smallest absolute Gasteiger partial charge is 0.137 e. The molecule has 0 fully saturated rings. The van der Waals surface area contributed by atoms with Gasteiger partial charge in [0.15, 0.2) is 0 Å². The summed E-state index contributed by atoms with van der Waals surface area (Å²) in [6, 6.07) is 3.99. The average Bonchev–Trinajstić information content (AvgIpc) is 2.05. The maximum absolute atomic E-state index is 11.1. The van der Waals surface area contributed by atoms with Gasteiger partial charge >= 0.3 is 0 Å². The minimum atomic E-state index is 0.341. The Kier molecular flexibility index (Phi) is 1.68. The lowest BCUT2D eigenvalue weighted by molar-refractivity contribution is -0.118. The van der Waals surface area contributed by atoms with Crippen LogP contribution in [0.1, 0.15) is 23.4 Å². The third-order valence-electron chi connectivity index (χ3n) is 2.24. The molecule has 1 aliphatic rings. The van der Waals surface area contributed by atoms with Crippen molar-refractivity contribution in [2.45, 2.75) is 26.2 Å². The second-order valence-corrected chi connectivity index (χ2v) is 3.27. The SMILES string of the molecule is Cc1ccc2c(n1)CCC(=O)C2. The molecule has 1 aromatic heterocycles. The molecule has 0 unspecified atom stereocenters. The highest BCUT2D eigenvalue weighted by atomic mass is 16.1. The molecule has 2 heteroatoms. The van der Waals surface area contributed by atoms with Crippen LogP contribution in [-0.4, -0.2) is 10.8 Å². The highest BCUT2D eigenvalue weighted by Crippen LogP contribution is 2.16. The molecule has 1 aliphatic carbocycles. The van der Waals surface area contributed by atoms with Crippen LogP contribution in [0.4, 0.5) is 0 Å². The Hall–Kier alpha value is -1.18. The maximum atomic E-state index is 11.1. The van der Waals surface area contributed by atoms with Gasteiger partial charge in [0.25, 0.3) is 0 Å². The van der Waals surface area contributed by atoms with Crippen LogP contribution in [0.2, 0.25) is 0 Å². The number of Topliss-reactive ketones (excluding diaryl/α,β-unsaturated/α-hetero) is 1. The molecule has 0 atom stereocenters. The highest BCUT2D eigenvalue weighted by molar-refractivity contribution is 5.82. The minimum Gasteiger partial charge on any atom is -0.299 e. The molecule has 0 aliphatic heterocycles. The molecule has 1 aromatic rings. The summed E-state index contributed by atoms with van der Waals surface area (Å²) in [6.07, 6.45) is 2.09. The first kappa shape index (κ1) is 7.47. The number of rotatable bonds is 0. The molecule has 0 bridgehead atoms. The van der Waals surface area contributed by atoms with Gasteiger partial charge < -0.3 is 0 Å². The van der Waals surface area contributed by atoms with Gasteiger partial charge in [-0.2, -0.15) is 0 Å². The van der Waals surface area contributed by atoms with E-state index in [-0.39, 0.29) is 0 Å². The summed E-state index contributed by atoms with van der Waals surface area (Å²) < 4.78 is 0. The van der Waals surface area contributed by atoms with Crippen LogP contribution in [0.15, 0.2) is 12.1 Å². The number of carbonyl (C=O) groups is 1. The Morgan fingerprint density at radius 3 is 3.00 bits per heavy atom. The standard InChI is InChI=1S/C10H11NO/c1-7-2-3-8-6-9(12)4-5-10(8)11-7/h2-3H,4-6H2,1H3. The van der Waals surface area contributed by atoms with E-state index in [1.807, 2.05) is 19.1 Å². The van der Waals surface area contributed by atoms with Crippen LogP contribution in [0.5, 0.6) is 0 Å². The average molecular weight is 161 g/mol. The van der Waals surface area contributed by atoms with Crippen molar-refractivity contribution in [1.82, 2.24) is 4.98 Å². The zero-order valence-corrected chi connectivity index (χ0v) is 7.13. The lowest BCUT2D eigenvalue weighted by atomic mass is 9.95. The van der Waals surface area contributed by atoms with Crippen molar-refractivity contribution in [1.29, 1.82) is 0 Å². The van der Waals surface area contributed by atoms with Crippen molar-refractivity contribution in [2.75, 3.05) is 0 Å². The fraction of sp³-hybridized carbons (Fsp3) is 0.400. The van der Waals surface area contributed by atoms with E-state index in [9.17, 15) is 4.79 Å². The van der Waals surface area contributed by atoms with Crippen LogP contribution >= 0.6 is 0 Å². The number of aromatic nitrogens is 1. The van der Waals surface area contributed by atoms with Gasteiger partial charge in [-0.05, 0) is 25.0 Å². The number of nitrogens with zero attached hydrogens (tertiary/aromatic N) is 1. The summed E-state index contributed by atoms with van der Waals surface area (Å²) in [5.41, 5.74) is 3.29. The zero-order chi connectivity index (χ0) is 8.55. The number of fused-ring (bicyclic) bond motifs is 1. The second kappa shape index (κ2) is 2.70. The Labute approximate surface area is 71.6 Å². The molecule has 0 saturated heterocycles. The topological polar surface area (TPSA) is 30.0 Å². The predicted octanol–water partition coefficient (Wildman–Crippen LogP) is 1.45. The quantitative estimate of drug-likeness (QED) is 0.576. The molecule has 0 aromatic carbocycles. The van der Waals surface area contributed by atoms with Crippen molar-refractivity contribution >= 4 is 5.78 Å². The first-order valence-corrected chi connectivity index (χ1v) is 4.23. The number of hydrogen-bond acceptors (Lipinski definition) is 2. The molecule has 0 radical (unpaired) electrons. The van der Waals surface area contributed by atoms with Gasteiger partial charge in [0, 0.05) is 24.2 Å². The van der Waals surface area contributed by atoms with Gasteiger partial charge in [-0.1, -0.05) is 6.07 Å². The van der Waals surface area contributed by atoms with Crippen LogP contribution in [0.25, 0.3) is 0 Å². The minimum absolute atomic E-state index is 0.341. The van der Waals surface area contributed by atoms with Crippen LogP contribution in [0.3, 0.4) is 0 Å². The molecule has 0 amide bonds. The number of aryl methyl sites for hydroxylation is 2. The van der Waals surface area contributed by atoms with E-state index in [2.05, 4.69) is 4.98 Å². The number of hydrogen-bond donors (Lipinski definition) is 0. The van der Waals surface area contributed by atoms with Crippen molar-refractivity contribution in [3.63, 3.8) is 0 Å². The van der Waals surface area contributed by atoms with Crippen molar-refractivity contribution < 1.29 is 4.79 Å². The van der Waals surface area contributed by atoms with Crippen LogP contribution < -0.4 is 0 Å². The molecule has 2 nitrogen and oxygen atoms in total. The van der Waals surface area contributed by atoms with Crippen molar-refractivity contribution in [3.8, 4) is 0 Å².